The molecule has 0 radical (unpaired) electrons. The van der Waals surface area contributed by atoms with Crippen LogP contribution in [0.5, 0.6) is 5.75 Å². The van der Waals surface area contributed by atoms with Gasteiger partial charge >= 0.3 is 6.03 Å². The number of nitrogens with one attached hydrogen (secondary N) is 2. The molecule has 3 rings (SSSR count). The number of methoxy groups -OCH3 is 1. The summed E-state index contributed by atoms with van der Waals surface area (Å²) in [6.07, 6.45) is 2.42. The topological polar surface area (TPSA) is 87.7 Å². The lowest BCUT2D eigenvalue weighted by Gasteiger charge is -2.36. The van der Waals surface area contributed by atoms with Gasteiger partial charge in [-0.2, -0.15) is 0 Å². The van der Waals surface area contributed by atoms with Crippen LogP contribution in [0.2, 0.25) is 0 Å². The van der Waals surface area contributed by atoms with Gasteiger partial charge in [-0.05, 0) is 31.4 Å². The predicted molar refractivity (Wildman–Crippen MR) is 91.9 cm³/mol. The Morgan fingerprint density at radius 3 is 2.52 bits per heavy atom. The van der Waals surface area contributed by atoms with Gasteiger partial charge in [0.1, 0.15) is 11.3 Å². The monoisotopic (exact) mass is 343 g/mol. The number of hydrogen-bond donors (Lipinski definition) is 2. The number of hydrogen-bond acceptors (Lipinski definition) is 4. The zero-order valence-electron chi connectivity index (χ0n) is 14.3. The number of rotatable bonds is 3. The Balaban J connectivity index is 1.69. The van der Waals surface area contributed by atoms with Gasteiger partial charge in [-0.1, -0.05) is 18.2 Å². The fourth-order valence-electron chi connectivity index (χ4n) is 3.31. The predicted octanol–water partition coefficient (Wildman–Crippen LogP) is 1.30. The van der Waals surface area contributed by atoms with Crippen LogP contribution < -0.4 is 15.4 Å². The number of para-hydroxylation sites is 1. The van der Waals surface area contributed by atoms with Gasteiger partial charge in [0.25, 0.3) is 5.91 Å². The maximum atomic E-state index is 12.6. The van der Waals surface area contributed by atoms with Crippen molar-refractivity contribution in [3.8, 4) is 5.75 Å². The zero-order chi connectivity index (χ0) is 18.0. The Bertz CT molecular complexity index is 748. The molecule has 2 aliphatic rings. The second-order valence-corrected chi connectivity index (χ2v) is 6.34. The molecular formula is C18H21N3O4. The number of likely N-dealkylation sites (tertiary alicyclic amines) is 1. The average Bonchev–Trinajstić information content (AvgIpc) is 2.88. The lowest BCUT2D eigenvalue weighted by Crippen LogP contribution is -2.55. The highest BCUT2D eigenvalue weighted by atomic mass is 16.5. The number of benzene rings is 1. The Morgan fingerprint density at radius 2 is 1.92 bits per heavy atom. The third-order valence-electron chi connectivity index (χ3n) is 4.81. The number of carbonyl (C=O) groups excluding carboxylic acids is 3. The maximum Gasteiger partial charge on any atom is 0.322 e. The summed E-state index contributed by atoms with van der Waals surface area (Å²) in [5.41, 5.74) is 0.818. The molecule has 2 aliphatic heterocycles. The van der Waals surface area contributed by atoms with E-state index in [1.54, 1.807) is 18.1 Å². The smallest absolute Gasteiger partial charge is 0.322 e. The summed E-state index contributed by atoms with van der Waals surface area (Å²) >= 11 is 0. The zero-order valence-corrected chi connectivity index (χ0v) is 14.3. The lowest BCUT2D eigenvalue weighted by molar-refractivity contribution is -0.132. The number of carbonyl (C=O) groups is 3. The van der Waals surface area contributed by atoms with Gasteiger partial charge in [0.15, 0.2) is 0 Å². The molecule has 2 saturated heterocycles. The van der Waals surface area contributed by atoms with Crippen molar-refractivity contribution in [2.75, 3.05) is 20.2 Å². The van der Waals surface area contributed by atoms with E-state index in [9.17, 15) is 14.4 Å². The second kappa shape index (κ2) is 6.58. The lowest BCUT2D eigenvalue weighted by atomic mass is 9.87. The molecular weight excluding hydrogens is 322 g/mol. The third kappa shape index (κ3) is 3.22. The summed E-state index contributed by atoms with van der Waals surface area (Å²) in [6.45, 7) is 2.70. The molecule has 0 saturated carbocycles. The fraction of sp³-hybridized carbons (Fsp3) is 0.389. The van der Waals surface area contributed by atoms with Gasteiger partial charge in [0, 0.05) is 24.7 Å². The van der Waals surface area contributed by atoms with Crippen LogP contribution in [-0.4, -0.2) is 48.5 Å². The van der Waals surface area contributed by atoms with Crippen molar-refractivity contribution < 1.29 is 19.1 Å². The van der Waals surface area contributed by atoms with Crippen LogP contribution in [0.1, 0.15) is 25.3 Å². The molecule has 1 spiro atoms. The maximum absolute atomic E-state index is 12.6. The van der Waals surface area contributed by atoms with E-state index in [0.717, 1.165) is 11.1 Å². The summed E-state index contributed by atoms with van der Waals surface area (Å²) in [4.78, 5) is 37.6. The molecule has 1 aromatic rings. The average molecular weight is 343 g/mol. The first kappa shape index (κ1) is 17.0. The highest BCUT2D eigenvalue weighted by Gasteiger charge is 2.48. The molecule has 25 heavy (non-hydrogen) atoms. The van der Waals surface area contributed by atoms with Gasteiger partial charge in [-0.15, -0.1) is 0 Å². The molecule has 7 heteroatoms. The molecule has 0 atom stereocenters. The number of amides is 4. The summed E-state index contributed by atoms with van der Waals surface area (Å²) in [6, 6.07) is 7.07. The van der Waals surface area contributed by atoms with Crippen molar-refractivity contribution in [2.45, 2.75) is 25.3 Å². The molecule has 1 aromatic carbocycles. The van der Waals surface area contributed by atoms with Crippen molar-refractivity contribution in [1.82, 2.24) is 15.5 Å². The van der Waals surface area contributed by atoms with Crippen LogP contribution in [0.4, 0.5) is 4.79 Å². The second-order valence-electron chi connectivity index (χ2n) is 6.34. The number of urea groups is 1. The van der Waals surface area contributed by atoms with E-state index < -0.39 is 11.6 Å². The number of nitrogens with zero attached hydrogens (tertiary/aromatic N) is 1. The summed E-state index contributed by atoms with van der Waals surface area (Å²) in [5.74, 6) is 0.306. The Kier molecular flexibility index (Phi) is 4.48. The number of allylic oxidation sites excluding steroid dienone is 1. The van der Waals surface area contributed by atoms with E-state index in [2.05, 4.69) is 10.6 Å². The van der Waals surface area contributed by atoms with E-state index in [-0.39, 0.29) is 11.8 Å². The summed E-state index contributed by atoms with van der Waals surface area (Å²) in [7, 11) is 1.60. The minimum absolute atomic E-state index is 0.108. The summed E-state index contributed by atoms with van der Waals surface area (Å²) < 4.78 is 5.33. The molecule has 2 heterocycles. The summed E-state index contributed by atoms with van der Waals surface area (Å²) in [5, 5.41) is 4.96. The van der Waals surface area contributed by atoms with Crippen molar-refractivity contribution in [1.29, 1.82) is 0 Å². The molecule has 2 fully saturated rings. The first-order chi connectivity index (χ1) is 11.9. The first-order valence-electron chi connectivity index (χ1n) is 8.19. The van der Waals surface area contributed by atoms with Crippen molar-refractivity contribution in [3.05, 3.63) is 35.9 Å². The molecule has 0 aromatic heterocycles. The van der Waals surface area contributed by atoms with Crippen LogP contribution in [0.15, 0.2) is 30.3 Å². The highest BCUT2D eigenvalue weighted by Crippen LogP contribution is 2.28. The normalized spacial score (nSPS) is 19.6. The van der Waals surface area contributed by atoms with Crippen LogP contribution in [0.25, 0.3) is 5.57 Å². The molecule has 0 bridgehead atoms. The van der Waals surface area contributed by atoms with Crippen LogP contribution in [0.3, 0.4) is 0 Å². The SMILES string of the molecule is COc1ccccc1C(C)=CC(=O)N1CCC2(CC1)NC(=O)NC2=O. The van der Waals surface area contributed by atoms with Gasteiger partial charge in [-0.3, -0.25) is 14.9 Å². The molecule has 0 aliphatic carbocycles. The Labute approximate surface area is 146 Å². The molecule has 2 N–H and O–H groups in total. The van der Waals surface area contributed by atoms with E-state index in [0.29, 0.717) is 31.7 Å². The van der Waals surface area contributed by atoms with Crippen molar-refractivity contribution in [3.63, 3.8) is 0 Å². The van der Waals surface area contributed by atoms with E-state index in [1.165, 1.54) is 0 Å². The fourth-order valence-corrected chi connectivity index (χ4v) is 3.31. The van der Waals surface area contributed by atoms with Crippen LogP contribution in [-0.2, 0) is 9.59 Å². The minimum Gasteiger partial charge on any atom is -0.496 e. The third-order valence-corrected chi connectivity index (χ3v) is 4.81. The number of ether oxygens (including phenoxy) is 1. The van der Waals surface area contributed by atoms with Gasteiger partial charge in [-0.25, -0.2) is 4.79 Å². The quantitative estimate of drug-likeness (QED) is 0.640. The Morgan fingerprint density at radius 1 is 1.24 bits per heavy atom. The van der Waals surface area contributed by atoms with E-state index in [4.69, 9.17) is 4.74 Å². The van der Waals surface area contributed by atoms with Gasteiger partial charge in [0.2, 0.25) is 5.91 Å². The first-order valence-corrected chi connectivity index (χ1v) is 8.19. The molecule has 4 amide bonds. The van der Waals surface area contributed by atoms with Gasteiger partial charge in [0.05, 0.1) is 7.11 Å². The van der Waals surface area contributed by atoms with Crippen molar-refractivity contribution >= 4 is 23.4 Å². The van der Waals surface area contributed by atoms with Crippen LogP contribution >= 0.6 is 0 Å². The number of imide groups is 1. The molecule has 0 unspecified atom stereocenters. The standard InChI is InChI=1S/C18H21N3O4/c1-12(13-5-3-4-6-14(13)25-2)11-15(22)21-9-7-18(8-10-21)16(23)19-17(24)20-18/h3-6,11H,7-10H2,1-2H3,(H2,19,20,23,24). The Hall–Kier alpha value is -2.83. The highest BCUT2D eigenvalue weighted by molar-refractivity contribution is 6.07. The van der Waals surface area contributed by atoms with Crippen molar-refractivity contribution in [2.24, 2.45) is 0 Å². The molecule has 132 valence electrons. The number of piperidine rings is 1. The van der Waals surface area contributed by atoms with E-state index in [1.807, 2.05) is 31.2 Å². The van der Waals surface area contributed by atoms with Crippen LogP contribution in [0, 0.1) is 0 Å². The van der Waals surface area contributed by atoms with Gasteiger partial charge < -0.3 is 15.0 Å². The minimum atomic E-state index is -0.866. The molecule has 7 nitrogen and oxygen atoms in total. The van der Waals surface area contributed by atoms with E-state index >= 15 is 0 Å². The largest absolute Gasteiger partial charge is 0.496 e.